The second-order valence-electron chi connectivity index (χ2n) is 3.19. The molecule has 0 aromatic heterocycles. The molecule has 0 amide bonds. The fourth-order valence-electron chi connectivity index (χ4n) is 0.841. The number of carbonyl (C=O) groups is 2. The summed E-state index contributed by atoms with van der Waals surface area (Å²) in [6.45, 7) is 0. The Morgan fingerprint density at radius 3 is 0.870 bits per heavy atom. The van der Waals surface area contributed by atoms with E-state index >= 15 is 0 Å². The molecule has 2 aromatic carbocycles. The zero-order valence-corrected chi connectivity index (χ0v) is 13.3. The molecule has 0 saturated carbocycles. The van der Waals surface area contributed by atoms with Gasteiger partial charge in [-0.05, 0) is 0 Å². The third-order valence-electron chi connectivity index (χ3n) is 1.49. The van der Waals surface area contributed by atoms with E-state index in [0.29, 0.717) is 0 Å². The number of benzene rings is 2. The average Bonchev–Trinajstić information content (AvgIpc) is 2.40. The maximum Gasteiger partial charge on any atom is 2.00 e. The van der Waals surface area contributed by atoms with E-state index in [1.165, 1.54) is 24.3 Å². The first-order valence-electron chi connectivity index (χ1n) is 5.53. The van der Waals surface area contributed by atoms with Gasteiger partial charge in [0.15, 0.2) is 0 Å². The normalized spacial score (nSPS) is 7.30. The molecule has 0 heterocycles. The number of hydrogen-bond donors (Lipinski definition) is 4. The first-order valence-corrected chi connectivity index (χ1v) is 5.53. The van der Waals surface area contributed by atoms with Gasteiger partial charge in [-0.2, -0.15) is 0 Å². The summed E-state index contributed by atoms with van der Waals surface area (Å²) in [7, 11) is 0. The molecule has 0 fully saturated rings. The molecule has 0 spiro atoms. The Kier molecular flexibility index (Phi) is 19.1. The van der Waals surface area contributed by atoms with Crippen molar-refractivity contribution in [2.45, 2.75) is 0 Å². The number of rotatable bonds is 0. The van der Waals surface area contributed by atoms with Gasteiger partial charge in [0, 0.05) is 0 Å². The van der Waals surface area contributed by atoms with E-state index in [-0.39, 0.29) is 34.6 Å². The van der Waals surface area contributed by atoms with Crippen molar-refractivity contribution in [2.24, 2.45) is 0 Å². The van der Waals surface area contributed by atoms with Crippen LogP contribution in [0.4, 0.5) is 9.59 Å². The van der Waals surface area contributed by atoms with Crippen LogP contribution in [0, 0.1) is 0 Å². The van der Waals surface area contributed by atoms with E-state index in [2.05, 4.69) is 0 Å². The van der Waals surface area contributed by atoms with Crippen LogP contribution in [-0.4, -0.2) is 55.8 Å². The largest absolute Gasteiger partial charge is 2.00 e. The molecular formula is C14H14MgO8. The van der Waals surface area contributed by atoms with Crippen LogP contribution in [0.5, 0.6) is 11.5 Å². The number of hydrogen-bond acceptors (Lipinski definition) is 4. The minimum absolute atomic E-state index is 0. The Balaban J connectivity index is -0.000000238. The monoisotopic (exact) mass is 334 g/mol. The Morgan fingerprint density at radius 2 is 0.783 bits per heavy atom. The molecule has 120 valence electrons. The van der Waals surface area contributed by atoms with E-state index in [4.69, 9.17) is 30.0 Å². The van der Waals surface area contributed by atoms with Crippen molar-refractivity contribution < 1.29 is 40.2 Å². The molecule has 0 aliphatic heterocycles. The summed E-state index contributed by atoms with van der Waals surface area (Å²) < 4.78 is 0. The summed E-state index contributed by atoms with van der Waals surface area (Å²) in [5, 5.41) is 48.4. The molecule has 2 rings (SSSR count). The smallest absolute Gasteiger partial charge is 0.872 e. The molecule has 0 unspecified atom stereocenters. The molecule has 8 nitrogen and oxygen atoms in total. The van der Waals surface area contributed by atoms with Gasteiger partial charge in [-0.15, -0.1) is 11.5 Å². The first kappa shape index (κ1) is 25.3. The van der Waals surface area contributed by atoms with E-state index in [0.717, 1.165) is 0 Å². The molecule has 0 radical (unpaired) electrons. The Labute approximate surface area is 148 Å². The van der Waals surface area contributed by atoms with Gasteiger partial charge < -0.3 is 30.6 Å². The predicted molar refractivity (Wildman–Crippen MR) is 78.8 cm³/mol. The first-order chi connectivity index (χ1) is 10.3. The van der Waals surface area contributed by atoms with Crippen molar-refractivity contribution in [3.05, 3.63) is 60.7 Å². The minimum atomic E-state index is -1.83. The summed E-state index contributed by atoms with van der Waals surface area (Å²) in [6.07, 6.45) is -3.67. The van der Waals surface area contributed by atoms with E-state index in [1.807, 2.05) is 12.1 Å². The van der Waals surface area contributed by atoms with Gasteiger partial charge in [0.2, 0.25) is 0 Å². The Bertz CT molecular complexity index is 461. The van der Waals surface area contributed by atoms with Gasteiger partial charge >= 0.3 is 35.4 Å². The van der Waals surface area contributed by atoms with Crippen LogP contribution in [0.3, 0.4) is 0 Å². The summed E-state index contributed by atoms with van der Waals surface area (Å²) in [5.41, 5.74) is 0. The fourth-order valence-corrected chi connectivity index (χ4v) is 0.841. The van der Waals surface area contributed by atoms with Crippen molar-refractivity contribution in [1.29, 1.82) is 0 Å². The zero-order chi connectivity index (χ0) is 17.4. The molecule has 0 aliphatic rings. The molecule has 23 heavy (non-hydrogen) atoms. The van der Waals surface area contributed by atoms with Gasteiger partial charge in [-0.25, -0.2) is 9.59 Å². The topological polar surface area (TPSA) is 161 Å². The van der Waals surface area contributed by atoms with Gasteiger partial charge in [-0.3, -0.25) is 0 Å². The van der Waals surface area contributed by atoms with Gasteiger partial charge in [0.05, 0.1) is 0 Å². The van der Waals surface area contributed by atoms with E-state index in [1.54, 1.807) is 24.3 Å². The van der Waals surface area contributed by atoms with Crippen molar-refractivity contribution >= 4 is 35.4 Å². The molecule has 0 aliphatic carbocycles. The average molecular weight is 335 g/mol. The molecule has 4 N–H and O–H groups in total. The maximum atomic E-state index is 10.3. The van der Waals surface area contributed by atoms with Crippen molar-refractivity contribution in [2.75, 3.05) is 0 Å². The van der Waals surface area contributed by atoms with Crippen molar-refractivity contribution in [3.8, 4) is 11.5 Å². The predicted octanol–water partition coefficient (Wildman–Crippen LogP) is 1.58. The van der Waals surface area contributed by atoms with Crippen LogP contribution in [0.1, 0.15) is 0 Å². The Morgan fingerprint density at radius 1 is 0.609 bits per heavy atom. The van der Waals surface area contributed by atoms with Gasteiger partial charge in [0.1, 0.15) is 0 Å². The third kappa shape index (κ3) is 32.7. The molecule has 0 bridgehead atoms. The van der Waals surface area contributed by atoms with E-state index in [9.17, 15) is 10.2 Å². The quantitative estimate of drug-likeness (QED) is 0.528. The Hall–Kier alpha value is -2.65. The van der Waals surface area contributed by atoms with Gasteiger partial charge in [0.25, 0.3) is 0 Å². The third-order valence-corrected chi connectivity index (χ3v) is 1.49. The minimum Gasteiger partial charge on any atom is -0.872 e. The van der Waals surface area contributed by atoms with Crippen LogP contribution in [-0.2, 0) is 0 Å². The molecule has 2 aromatic rings. The van der Waals surface area contributed by atoms with Crippen LogP contribution in [0.2, 0.25) is 0 Å². The second-order valence-corrected chi connectivity index (χ2v) is 3.19. The van der Waals surface area contributed by atoms with Crippen molar-refractivity contribution in [3.63, 3.8) is 0 Å². The zero-order valence-electron chi connectivity index (χ0n) is 11.9. The standard InChI is InChI=1S/2C6H6O.2CH2O3.Mg/c2*7-6-4-2-1-3-5-6;2*2-1(3)4;/h2*1-5,7H;2*(H2,2,3,4);/q;;;;+2/p-2. The van der Waals surface area contributed by atoms with Crippen LogP contribution in [0.25, 0.3) is 0 Å². The van der Waals surface area contributed by atoms with Gasteiger partial charge in [-0.1, -0.05) is 60.7 Å². The van der Waals surface area contributed by atoms with Crippen molar-refractivity contribution in [1.82, 2.24) is 0 Å². The number of para-hydroxylation sites is 2. The molecule has 0 atom stereocenters. The summed E-state index contributed by atoms with van der Waals surface area (Å²) in [6, 6.07) is 16.7. The SMILES string of the molecule is O=C(O)O.O=C(O)O.[Mg+2].[O-]c1ccccc1.[O-]c1ccccc1. The molecule has 0 saturated heterocycles. The molecular weight excluding hydrogens is 320 g/mol. The van der Waals surface area contributed by atoms with Crippen LogP contribution >= 0.6 is 0 Å². The second kappa shape index (κ2) is 17.4. The summed E-state index contributed by atoms with van der Waals surface area (Å²) >= 11 is 0. The fraction of sp³-hybridized carbons (Fsp3) is 0. The van der Waals surface area contributed by atoms with Crippen LogP contribution < -0.4 is 10.2 Å². The van der Waals surface area contributed by atoms with Crippen LogP contribution in [0.15, 0.2) is 60.7 Å². The summed E-state index contributed by atoms with van der Waals surface area (Å²) in [4.78, 5) is 17.1. The number of carboxylic acid groups (broad SMARTS) is 4. The maximum absolute atomic E-state index is 10.3. The molecule has 9 heteroatoms. The summed E-state index contributed by atoms with van der Waals surface area (Å²) in [5.74, 6) is 0.144. The van der Waals surface area contributed by atoms with E-state index < -0.39 is 12.3 Å².